The molecule has 0 spiro atoms. The molecule has 0 N–H and O–H groups in total. The molecule has 0 unspecified atom stereocenters. The maximum absolute atomic E-state index is 2.69. The maximum Gasteiger partial charge on any atom is -0.00156 e. The molecule has 0 aliphatic carbocycles. The molecule has 0 bridgehead atoms. The predicted octanol–water partition coefficient (Wildman–Crippen LogP) is 5.30. The first kappa shape index (κ1) is 17.2. The first-order chi connectivity index (χ1) is 9.86. The summed E-state index contributed by atoms with van der Waals surface area (Å²) in [4.78, 5) is 2.69. The van der Waals surface area contributed by atoms with Gasteiger partial charge in [-0.15, -0.1) is 0 Å². The Bertz CT molecular complexity index is 297. The van der Waals surface area contributed by atoms with Crippen molar-refractivity contribution in [3.05, 3.63) is 35.9 Å². The van der Waals surface area contributed by atoms with Crippen molar-refractivity contribution in [2.45, 2.75) is 65.2 Å². The molecule has 0 heterocycles. The molecule has 0 fully saturated rings. The minimum absolute atomic E-state index is 1.22. The van der Waals surface area contributed by atoms with Crippen LogP contribution in [0.1, 0.15) is 64.4 Å². The van der Waals surface area contributed by atoms with Crippen molar-refractivity contribution >= 4 is 0 Å². The molecule has 0 radical (unpaired) electrons. The zero-order chi connectivity index (χ0) is 14.5. The number of rotatable bonds is 12. The molecule has 1 aromatic carbocycles. The molecule has 1 aromatic rings. The monoisotopic (exact) mass is 275 g/mol. The predicted molar refractivity (Wildman–Crippen MR) is 90.3 cm³/mol. The van der Waals surface area contributed by atoms with E-state index in [4.69, 9.17) is 0 Å². The van der Waals surface area contributed by atoms with Crippen LogP contribution in [-0.4, -0.2) is 24.5 Å². The van der Waals surface area contributed by atoms with Crippen molar-refractivity contribution in [1.29, 1.82) is 0 Å². The topological polar surface area (TPSA) is 3.24 Å². The van der Waals surface area contributed by atoms with Crippen LogP contribution in [0.25, 0.3) is 0 Å². The summed E-state index contributed by atoms with van der Waals surface area (Å²) in [5.41, 5.74) is 1.48. The van der Waals surface area contributed by atoms with Gasteiger partial charge < -0.3 is 4.90 Å². The lowest BCUT2D eigenvalue weighted by Gasteiger charge is -2.22. The highest BCUT2D eigenvalue weighted by Crippen LogP contribution is 2.07. The zero-order valence-corrected chi connectivity index (χ0v) is 13.6. The van der Waals surface area contributed by atoms with Crippen LogP contribution in [0.5, 0.6) is 0 Å². The summed E-state index contributed by atoms with van der Waals surface area (Å²) in [6, 6.07) is 10.9. The molecule has 20 heavy (non-hydrogen) atoms. The normalized spacial score (nSPS) is 11.2. The molecule has 0 aromatic heterocycles. The van der Waals surface area contributed by atoms with Gasteiger partial charge in [0.05, 0.1) is 0 Å². The second kappa shape index (κ2) is 12.0. The Labute approximate surface area is 126 Å². The van der Waals surface area contributed by atoms with Crippen molar-refractivity contribution in [3.63, 3.8) is 0 Å². The number of unbranched alkanes of at least 4 members (excludes halogenated alkanes) is 4. The molecular formula is C19H33N. The van der Waals surface area contributed by atoms with Gasteiger partial charge in [0.25, 0.3) is 0 Å². The Hall–Kier alpha value is -0.820. The van der Waals surface area contributed by atoms with Crippen LogP contribution in [0.3, 0.4) is 0 Å². The fourth-order valence-corrected chi connectivity index (χ4v) is 2.66. The summed E-state index contributed by atoms with van der Waals surface area (Å²) < 4.78 is 0. The van der Waals surface area contributed by atoms with Crippen molar-refractivity contribution in [2.24, 2.45) is 0 Å². The van der Waals surface area contributed by atoms with Gasteiger partial charge >= 0.3 is 0 Å². The second-order valence-corrected chi connectivity index (χ2v) is 5.85. The van der Waals surface area contributed by atoms with E-state index in [0.29, 0.717) is 0 Å². The SMILES string of the molecule is CCCCCN(CCCCC)CCCc1ccccc1. The molecular weight excluding hydrogens is 242 g/mol. The number of aryl methyl sites for hydroxylation is 1. The standard InChI is InChI=1S/C19H33N/c1-3-5-10-16-20(17-11-6-4-2)18-12-15-19-13-8-7-9-14-19/h7-9,13-14H,3-6,10-12,15-18H2,1-2H3. The summed E-state index contributed by atoms with van der Waals surface area (Å²) in [5.74, 6) is 0. The van der Waals surface area contributed by atoms with Gasteiger partial charge in [-0.05, 0) is 50.9 Å². The van der Waals surface area contributed by atoms with Crippen LogP contribution in [0.2, 0.25) is 0 Å². The van der Waals surface area contributed by atoms with E-state index in [0.717, 1.165) is 0 Å². The average Bonchev–Trinajstić information content (AvgIpc) is 2.48. The number of hydrogen-bond acceptors (Lipinski definition) is 1. The summed E-state index contributed by atoms with van der Waals surface area (Å²) >= 11 is 0. The van der Waals surface area contributed by atoms with Gasteiger partial charge in [-0.3, -0.25) is 0 Å². The summed E-state index contributed by atoms with van der Waals surface area (Å²) in [5, 5.41) is 0. The number of benzene rings is 1. The van der Waals surface area contributed by atoms with E-state index >= 15 is 0 Å². The van der Waals surface area contributed by atoms with E-state index in [2.05, 4.69) is 49.1 Å². The third kappa shape index (κ3) is 8.37. The molecule has 114 valence electrons. The zero-order valence-electron chi connectivity index (χ0n) is 13.6. The van der Waals surface area contributed by atoms with E-state index < -0.39 is 0 Å². The Morgan fingerprint density at radius 1 is 0.700 bits per heavy atom. The summed E-state index contributed by atoms with van der Waals surface area (Å²) in [6.45, 7) is 8.44. The van der Waals surface area contributed by atoms with Crippen LogP contribution in [-0.2, 0) is 6.42 Å². The van der Waals surface area contributed by atoms with E-state index in [1.807, 2.05) is 0 Å². The maximum atomic E-state index is 2.69. The minimum atomic E-state index is 1.22. The highest BCUT2D eigenvalue weighted by Gasteiger charge is 2.04. The quantitative estimate of drug-likeness (QED) is 0.468. The van der Waals surface area contributed by atoms with Crippen LogP contribution >= 0.6 is 0 Å². The fraction of sp³-hybridized carbons (Fsp3) is 0.684. The van der Waals surface area contributed by atoms with E-state index in [9.17, 15) is 0 Å². The average molecular weight is 275 g/mol. The molecule has 1 rings (SSSR count). The lowest BCUT2D eigenvalue weighted by molar-refractivity contribution is 0.259. The molecule has 0 atom stereocenters. The van der Waals surface area contributed by atoms with Crippen LogP contribution < -0.4 is 0 Å². The van der Waals surface area contributed by atoms with Gasteiger partial charge in [-0.1, -0.05) is 69.9 Å². The third-order valence-electron chi connectivity index (χ3n) is 3.94. The Morgan fingerprint density at radius 2 is 1.25 bits per heavy atom. The first-order valence-electron chi connectivity index (χ1n) is 8.63. The van der Waals surface area contributed by atoms with Gasteiger partial charge in [-0.2, -0.15) is 0 Å². The van der Waals surface area contributed by atoms with Crippen LogP contribution in [0.4, 0.5) is 0 Å². The van der Waals surface area contributed by atoms with E-state index in [-0.39, 0.29) is 0 Å². The number of hydrogen-bond donors (Lipinski definition) is 0. The van der Waals surface area contributed by atoms with E-state index in [1.54, 1.807) is 0 Å². The van der Waals surface area contributed by atoms with Gasteiger partial charge in [0.2, 0.25) is 0 Å². The molecule has 1 nitrogen and oxygen atoms in total. The largest absolute Gasteiger partial charge is 0.303 e. The van der Waals surface area contributed by atoms with Gasteiger partial charge in [0.15, 0.2) is 0 Å². The smallest absolute Gasteiger partial charge is 0.00156 e. The Balaban J connectivity index is 2.23. The van der Waals surface area contributed by atoms with Crippen LogP contribution in [0.15, 0.2) is 30.3 Å². The molecule has 0 aliphatic rings. The Morgan fingerprint density at radius 3 is 1.80 bits per heavy atom. The molecule has 0 saturated carbocycles. The highest BCUT2D eigenvalue weighted by molar-refractivity contribution is 5.14. The first-order valence-corrected chi connectivity index (χ1v) is 8.63. The van der Waals surface area contributed by atoms with Gasteiger partial charge in [-0.25, -0.2) is 0 Å². The number of nitrogens with zero attached hydrogens (tertiary/aromatic N) is 1. The van der Waals surface area contributed by atoms with Crippen molar-refractivity contribution in [2.75, 3.05) is 19.6 Å². The molecule has 1 heteroatoms. The molecule has 0 saturated heterocycles. The van der Waals surface area contributed by atoms with Crippen molar-refractivity contribution < 1.29 is 0 Å². The fourth-order valence-electron chi connectivity index (χ4n) is 2.66. The molecule has 0 amide bonds. The van der Waals surface area contributed by atoms with Crippen LogP contribution in [0, 0.1) is 0 Å². The lowest BCUT2D eigenvalue weighted by Crippen LogP contribution is -2.27. The second-order valence-electron chi connectivity index (χ2n) is 5.85. The lowest BCUT2D eigenvalue weighted by atomic mass is 10.1. The minimum Gasteiger partial charge on any atom is -0.303 e. The van der Waals surface area contributed by atoms with E-state index in [1.165, 1.54) is 76.6 Å². The third-order valence-corrected chi connectivity index (χ3v) is 3.94. The molecule has 0 aliphatic heterocycles. The van der Waals surface area contributed by atoms with Crippen molar-refractivity contribution in [1.82, 2.24) is 4.90 Å². The van der Waals surface area contributed by atoms with Gasteiger partial charge in [0.1, 0.15) is 0 Å². The Kier molecular flexibility index (Phi) is 10.3. The van der Waals surface area contributed by atoms with Crippen molar-refractivity contribution in [3.8, 4) is 0 Å². The van der Waals surface area contributed by atoms with Gasteiger partial charge in [0, 0.05) is 0 Å². The summed E-state index contributed by atoms with van der Waals surface area (Å²) in [6.07, 6.45) is 10.7. The highest BCUT2D eigenvalue weighted by atomic mass is 15.1. The summed E-state index contributed by atoms with van der Waals surface area (Å²) in [7, 11) is 0.